The van der Waals surface area contributed by atoms with Crippen LogP contribution in [0, 0.1) is 0 Å². The Morgan fingerprint density at radius 3 is 2.90 bits per heavy atom. The fourth-order valence-electron chi connectivity index (χ4n) is 1.76. The van der Waals surface area contributed by atoms with E-state index in [9.17, 15) is 4.79 Å². The summed E-state index contributed by atoms with van der Waals surface area (Å²) in [4.78, 5) is 18.4. The van der Waals surface area contributed by atoms with Crippen molar-refractivity contribution in [1.82, 2.24) is 19.7 Å². The SMILES string of the molecule is CC(Nc1cnn(CCN(C)C)c(=O)c1Cl)c1nccs1. The molecule has 6 nitrogen and oxygen atoms in total. The first-order valence-corrected chi connectivity index (χ1v) is 7.81. The normalized spacial score (nSPS) is 12.6. The van der Waals surface area contributed by atoms with E-state index < -0.39 is 0 Å². The highest BCUT2D eigenvalue weighted by molar-refractivity contribution is 7.09. The number of anilines is 1. The van der Waals surface area contributed by atoms with Crippen molar-refractivity contribution in [1.29, 1.82) is 0 Å². The second kappa shape index (κ2) is 7.02. The maximum atomic E-state index is 12.2. The van der Waals surface area contributed by atoms with Crippen molar-refractivity contribution in [2.24, 2.45) is 0 Å². The van der Waals surface area contributed by atoms with E-state index in [-0.39, 0.29) is 16.6 Å². The minimum absolute atomic E-state index is 0.0266. The Balaban J connectivity index is 2.15. The van der Waals surface area contributed by atoms with E-state index in [4.69, 9.17) is 11.6 Å². The highest BCUT2D eigenvalue weighted by Gasteiger charge is 2.13. The maximum Gasteiger partial charge on any atom is 0.287 e. The molecule has 0 aromatic carbocycles. The van der Waals surface area contributed by atoms with Crippen LogP contribution in [0.1, 0.15) is 18.0 Å². The van der Waals surface area contributed by atoms with Crippen LogP contribution in [0.4, 0.5) is 5.69 Å². The van der Waals surface area contributed by atoms with Crippen LogP contribution in [0.15, 0.2) is 22.6 Å². The van der Waals surface area contributed by atoms with E-state index in [1.165, 1.54) is 4.68 Å². The number of likely N-dealkylation sites (N-methyl/N-ethyl adjacent to an activating group) is 1. The molecule has 0 bridgehead atoms. The molecule has 0 amide bonds. The molecule has 0 spiro atoms. The molecule has 1 atom stereocenters. The third-order valence-electron chi connectivity index (χ3n) is 2.94. The van der Waals surface area contributed by atoms with Gasteiger partial charge in [0.15, 0.2) is 0 Å². The summed E-state index contributed by atoms with van der Waals surface area (Å²) in [5, 5.41) is 10.3. The summed E-state index contributed by atoms with van der Waals surface area (Å²) in [6.45, 7) is 3.20. The van der Waals surface area contributed by atoms with Gasteiger partial charge in [-0.25, -0.2) is 9.67 Å². The highest BCUT2D eigenvalue weighted by Crippen LogP contribution is 2.23. The van der Waals surface area contributed by atoms with E-state index >= 15 is 0 Å². The Morgan fingerprint density at radius 1 is 1.52 bits per heavy atom. The van der Waals surface area contributed by atoms with Gasteiger partial charge in [0, 0.05) is 18.1 Å². The predicted octanol–water partition coefficient (Wildman–Crippen LogP) is 2.09. The second-order valence-corrected chi connectivity index (χ2v) is 6.24. The van der Waals surface area contributed by atoms with Crippen LogP contribution in [0.5, 0.6) is 0 Å². The molecule has 1 N–H and O–H groups in total. The molecule has 0 saturated carbocycles. The summed E-state index contributed by atoms with van der Waals surface area (Å²) < 4.78 is 1.38. The number of nitrogens with zero attached hydrogens (tertiary/aromatic N) is 4. The smallest absolute Gasteiger partial charge is 0.287 e. The van der Waals surface area contributed by atoms with Gasteiger partial charge in [0.2, 0.25) is 0 Å². The minimum Gasteiger partial charge on any atom is -0.373 e. The lowest BCUT2D eigenvalue weighted by atomic mass is 10.3. The summed E-state index contributed by atoms with van der Waals surface area (Å²) in [6.07, 6.45) is 3.33. The third-order valence-corrected chi connectivity index (χ3v) is 4.26. The lowest BCUT2D eigenvalue weighted by molar-refractivity contribution is 0.367. The number of thiazole rings is 1. The van der Waals surface area contributed by atoms with E-state index in [0.29, 0.717) is 12.2 Å². The molecule has 114 valence electrons. The summed E-state index contributed by atoms with van der Waals surface area (Å²) in [7, 11) is 3.89. The van der Waals surface area contributed by atoms with E-state index in [1.54, 1.807) is 23.7 Å². The fourth-order valence-corrected chi connectivity index (χ4v) is 2.61. The lowest BCUT2D eigenvalue weighted by Gasteiger charge is -2.15. The standard InChI is InChI=1S/C13H18ClN5OS/c1-9(12-15-4-7-21-12)17-10-8-16-19(6-5-18(2)3)13(20)11(10)14/h4,7-9,17H,5-6H2,1-3H3. The molecule has 2 aromatic heterocycles. The molecule has 0 fully saturated rings. The second-order valence-electron chi connectivity index (χ2n) is 4.94. The number of rotatable bonds is 6. The first kappa shape index (κ1) is 15.9. The van der Waals surface area contributed by atoms with Gasteiger partial charge in [0.05, 0.1) is 24.5 Å². The van der Waals surface area contributed by atoms with Gasteiger partial charge in [-0.05, 0) is 21.0 Å². The average molecular weight is 328 g/mol. The summed E-state index contributed by atoms with van der Waals surface area (Å²) >= 11 is 7.70. The topological polar surface area (TPSA) is 63.1 Å². The first-order valence-electron chi connectivity index (χ1n) is 6.55. The minimum atomic E-state index is -0.283. The molecular formula is C13H18ClN5OS. The maximum absolute atomic E-state index is 12.2. The predicted molar refractivity (Wildman–Crippen MR) is 86.2 cm³/mol. The first-order chi connectivity index (χ1) is 9.99. The quantitative estimate of drug-likeness (QED) is 0.880. The Morgan fingerprint density at radius 2 is 2.29 bits per heavy atom. The molecule has 21 heavy (non-hydrogen) atoms. The molecule has 0 aliphatic carbocycles. The number of halogens is 1. The molecular weight excluding hydrogens is 310 g/mol. The van der Waals surface area contributed by atoms with Crippen molar-refractivity contribution >= 4 is 28.6 Å². The molecule has 0 saturated heterocycles. The number of hydrogen-bond acceptors (Lipinski definition) is 6. The van der Waals surface area contributed by atoms with Crippen LogP contribution in [0.3, 0.4) is 0 Å². The van der Waals surface area contributed by atoms with Crippen molar-refractivity contribution in [3.8, 4) is 0 Å². The lowest BCUT2D eigenvalue weighted by Crippen LogP contribution is -2.29. The Hall–Kier alpha value is -1.44. The zero-order chi connectivity index (χ0) is 15.4. The summed E-state index contributed by atoms with van der Waals surface area (Å²) in [5.74, 6) is 0. The Bertz CT molecular complexity index is 641. The van der Waals surface area contributed by atoms with Crippen LogP contribution < -0.4 is 10.9 Å². The Kier molecular flexibility index (Phi) is 5.33. The van der Waals surface area contributed by atoms with Crippen molar-refractivity contribution < 1.29 is 0 Å². The number of aromatic nitrogens is 3. The van der Waals surface area contributed by atoms with Gasteiger partial charge in [-0.1, -0.05) is 11.6 Å². The van der Waals surface area contributed by atoms with Gasteiger partial charge in [0.25, 0.3) is 5.56 Å². The van der Waals surface area contributed by atoms with Gasteiger partial charge in [-0.3, -0.25) is 4.79 Å². The van der Waals surface area contributed by atoms with Crippen molar-refractivity contribution in [2.45, 2.75) is 19.5 Å². The van der Waals surface area contributed by atoms with Crippen molar-refractivity contribution in [2.75, 3.05) is 26.0 Å². The molecule has 0 radical (unpaired) electrons. The van der Waals surface area contributed by atoms with Crippen LogP contribution in [0.2, 0.25) is 5.02 Å². The zero-order valence-electron chi connectivity index (χ0n) is 12.2. The summed E-state index contributed by atoms with van der Waals surface area (Å²) in [6, 6.07) is -0.0266. The third kappa shape index (κ3) is 4.03. The van der Waals surface area contributed by atoms with Gasteiger partial charge >= 0.3 is 0 Å². The van der Waals surface area contributed by atoms with E-state index in [0.717, 1.165) is 11.6 Å². The van der Waals surface area contributed by atoms with Crippen LogP contribution in [-0.2, 0) is 6.54 Å². The molecule has 0 aliphatic heterocycles. The molecule has 1 unspecified atom stereocenters. The molecule has 2 rings (SSSR count). The van der Waals surface area contributed by atoms with E-state index in [1.807, 2.05) is 31.3 Å². The highest BCUT2D eigenvalue weighted by atomic mass is 35.5. The van der Waals surface area contributed by atoms with E-state index in [2.05, 4.69) is 15.4 Å². The van der Waals surface area contributed by atoms with Crippen LogP contribution in [0.25, 0.3) is 0 Å². The number of hydrogen-bond donors (Lipinski definition) is 1. The monoisotopic (exact) mass is 327 g/mol. The molecule has 2 aromatic rings. The molecule has 8 heteroatoms. The molecule has 2 heterocycles. The van der Waals surface area contributed by atoms with Gasteiger partial charge in [-0.2, -0.15) is 5.10 Å². The van der Waals surface area contributed by atoms with Crippen molar-refractivity contribution in [3.63, 3.8) is 0 Å². The summed E-state index contributed by atoms with van der Waals surface area (Å²) in [5.41, 5.74) is 0.250. The zero-order valence-corrected chi connectivity index (χ0v) is 13.8. The van der Waals surface area contributed by atoms with Gasteiger partial charge in [0.1, 0.15) is 10.0 Å². The number of nitrogens with one attached hydrogen (secondary N) is 1. The fraction of sp³-hybridized carbons (Fsp3) is 0.462. The largest absolute Gasteiger partial charge is 0.373 e. The molecule has 0 aliphatic rings. The van der Waals surface area contributed by atoms with Crippen LogP contribution in [-0.4, -0.2) is 40.3 Å². The average Bonchev–Trinajstić information content (AvgIpc) is 2.97. The van der Waals surface area contributed by atoms with Gasteiger partial charge in [-0.15, -0.1) is 11.3 Å². The van der Waals surface area contributed by atoms with Crippen LogP contribution >= 0.6 is 22.9 Å². The van der Waals surface area contributed by atoms with Crippen molar-refractivity contribution in [3.05, 3.63) is 38.2 Å². The van der Waals surface area contributed by atoms with Gasteiger partial charge < -0.3 is 10.2 Å². The Labute approximate surface area is 132 Å².